The first-order valence-corrected chi connectivity index (χ1v) is 6.58. The lowest BCUT2D eigenvalue weighted by molar-refractivity contribution is 0.166. The van der Waals surface area contributed by atoms with Gasteiger partial charge in [0.25, 0.3) is 0 Å². The molecule has 2 rings (SSSR count). The molecule has 1 aliphatic heterocycles. The van der Waals surface area contributed by atoms with Crippen molar-refractivity contribution in [3.8, 4) is 0 Å². The van der Waals surface area contributed by atoms with E-state index < -0.39 is 0 Å². The molecular formula is C12H17Cl2N3. The van der Waals surface area contributed by atoms with Crippen LogP contribution in [0.1, 0.15) is 19.4 Å². The number of aromatic nitrogens is 1. The first-order chi connectivity index (χ1) is 8.04. The van der Waals surface area contributed by atoms with E-state index >= 15 is 0 Å². The molecule has 17 heavy (non-hydrogen) atoms. The van der Waals surface area contributed by atoms with Gasteiger partial charge in [0.2, 0.25) is 0 Å². The first-order valence-electron chi connectivity index (χ1n) is 5.83. The van der Waals surface area contributed by atoms with Crippen molar-refractivity contribution < 1.29 is 0 Å². The van der Waals surface area contributed by atoms with Gasteiger partial charge < -0.3 is 5.32 Å². The Hall–Kier alpha value is -0.350. The van der Waals surface area contributed by atoms with E-state index in [1.165, 1.54) is 0 Å². The lowest BCUT2D eigenvalue weighted by atomic mass is 10.1. The number of pyridine rings is 1. The summed E-state index contributed by atoms with van der Waals surface area (Å²) in [6.07, 6.45) is 1.77. The van der Waals surface area contributed by atoms with Crippen LogP contribution in [0.25, 0.3) is 0 Å². The molecule has 1 aromatic rings. The molecule has 1 fully saturated rings. The third kappa shape index (κ3) is 3.55. The molecule has 0 amide bonds. The highest BCUT2D eigenvalue weighted by Gasteiger charge is 2.21. The van der Waals surface area contributed by atoms with E-state index in [-0.39, 0.29) is 0 Å². The predicted molar refractivity (Wildman–Crippen MR) is 71.6 cm³/mol. The highest BCUT2D eigenvalue weighted by molar-refractivity contribution is 6.34. The molecule has 0 spiro atoms. The smallest absolute Gasteiger partial charge is 0.130 e. The van der Waals surface area contributed by atoms with E-state index in [0.717, 1.165) is 25.2 Å². The Morgan fingerprint density at radius 3 is 2.59 bits per heavy atom. The third-order valence-electron chi connectivity index (χ3n) is 2.92. The second-order valence-corrected chi connectivity index (χ2v) is 5.56. The van der Waals surface area contributed by atoms with Crippen LogP contribution < -0.4 is 5.32 Å². The second-order valence-electron chi connectivity index (χ2n) is 4.76. The Labute approximate surface area is 112 Å². The molecular weight excluding hydrogens is 257 g/mol. The van der Waals surface area contributed by atoms with Crippen molar-refractivity contribution in [2.24, 2.45) is 0 Å². The molecule has 0 aromatic carbocycles. The highest BCUT2D eigenvalue weighted by atomic mass is 35.5. The summed E-state index contributed by atoms with van der Waals surface area (Å²) in [6.45, 7) is 7.29. The zero-order chi connectivity index (χ0) is 12.4. The van der Waals surface area contributed by atoms with Crippen LogP contribution in [0.3, 0.4) is 0 Å². The van der Waals surface area contributed by atoms with E-state index in [1.54, 1.807) is 12.3 Å². The van der Waals surface area contributed by atoms with E-state index in [1.807, 2.05) is 0 Å². The van der Waals surface area contributed by atoms with Crippen LogP contribution in [0, 0.1) is 0 Å². The van der Waals surface area contributed by atoms with Gasteiger partial charge in [0.05, 0.1) is 0 Å². The summed E-state index contributed by atoms with van der Waals surface area (Å²) in [5.41, 5.74) is 1.04. The van der Waals surface area contributed by atoms with Crippen molar-refractivity contribution >= 4 is 23.2 Å². The number of nitrogens with zero attached hydrogens (tertiary/aromatic N) is 2. The Morgan fingerprint density at radius 2 is 2.00 bits per heavy atom. The summed E-state index contributed by atoms with van der Waals surface area (Å²) >= 11 is 11.9. The molecule has 1 N–H and O–H groups in total. The summed E-state index contributed by atoms with van der Waals surface area (Å²) in [5, 5.41) is 4.65. The van der Waals surface area contributed by atoms with Crippen LogP contribution in [-0.2, 0) is 6.54 Å². The topological polar surface area (TPSA) is 28.2 Å². The van der Waals surface area contributed by atoms with Crippen LogP contribution in [0.2, 0.25) is 10.2 Å². The third-order valence-corrected chi connectivity index (χ3v) is 3.48. The summed E-state index contributed by atoms with van der Waals surface area (Å²) in [5.74, 6) is 0. The minimum absolute atomic E-state index is 0.445. The number of rotatable bonds is 2. The van der Waals surface area contributed by atoms with Crippen LogP contribution in [0.15, 0.2) is 12.3 Å². The zero-order valence-corrected chi connectivity index (χ0v) is 11.6. The van der Waals surface area contributed by atoms with Gasteiger partial charge in [0.1, 0.15) is 5.15 Å². The molecule has 94 valence electrons. The second kappa shape index (κ2) is 5.53. The molecule has 2 atom stereocenters. The summed E-state index contributed by atoms with van der Waals surface area (Å²) in [4.78, 5) is 6.47. The molecule has 1 aromatic heterocycles. The molecule has 1 saturated heterocycles. The fraction of sp³-hybridized carbons (Fsp3) is 0.583. The molecule has 1 aliphatic rings. The monoisotopic (exact) mass is 273 g/mol. The number of halogens is 2. The van der Waals surface area contributed by atoms with Gasteiger partial charge in [-0.2, -0.15) is 0 Å². The predicted octanol–water partition coefficient (Wildman–Crippen LogP) is 2.57. The van der Waals surface area contributed by atoms with Crippen LogP contribution in [0.5, 0.6) is 0 Å². The van der Waals surface area contributed by atoms with Crippen molar-refractivity contribution in [2.75, 3.05) is 13.1 Å². The van der Waals surface area contributed by atoms with Crippen LogP contribution in [0.4, 0.5) is 0 Å². The fourth-order valence-electron chi connectivity index (χ4n) is 2.36. The first kappa shape index (κ1) is 13.1. The number of hydrogen-bond acceptors (Lipinski definition) is 3. The Balaban J connectivity index is 2.04. The molecule has 5 heteroatoms. The van der Waals surface area contributed by atoms with Gasteiger partial charge in [-0.1, -0.05) is 23.2 Å². The molecule has 2 heterocycles. The zero-order valence-electron chi connectivity index (χ0n) is 10.1. The highest BCUT2D eigenvalue weighted by Crippen LogP contribution is 2.21. The Kier molecular flexibility index (Phi) is 4.26. The van der Waals surface area contributed by atoms with Crippen molar-refractivity contribution in [2.45, 2.75) is 32.5 Å². The molecule has 0 saturated carbocycles. The number of nitrogens with one attached hydrogen (secondary N) is 1. The van der Waals surface area contributed by atoms with Gasteiger partial charge in [0.15, 0.2) is 0 Å². The van der Waals surface area contributed by atoms with Crippen LogP contribution >= 0.6 is 23.2 Å². The van der Waals surface area contributed by atoms with Crippen molar-refractivity contribution in [3.05, 3.63) is 28.0 Å². The van der Waals surface area contributed by atoms with E-state index in [2.05, 4.69) is 29.0 Å². The van der Waals surface area contributed by atoms with Gasteiger partial charge >= 0.3 is 0 Å². The molecule has 0 aliphatic carbocycles. The average Bonchev–Trinajstić information content (AvgIpc) is 2.21. The van der Waals surface area contributed by atoms with E-state index in [0.29, 0.717) is 22.3 Å². The maximum Gasteiger partial charge on any atom is 0.130 e. The molecule has 3 nitrogen and oxygen atoms in total. The SMILES string of the molecule is CC1CN(Cc2cnc(Cl)cc2Cl)CC(C)N1. The van der Waals surface area contributed by atoms with Gasteiger partial charge in [-0.25, -0.2) is 4.98 Å². The van der Waals surface area contributed by atoms with E-state index in [9.17, 15) is 0 Å². The van der Waals surface area contributed by atoms with Gasteiger partial charge in [-0.3, -0.25) is 4.90 Å². The molecule has 0 bridgehead atoms. The maximum atomic E-state index is 6.15. The number of hydrogen-bond donors (Lipinski definition) is 1. The minimum Gasteiger partial charge on any atom is -0.309 e. The lowest BCUT2D eigenvalue weighted by Gasteiger charge is -2.36. The normalized spacial score (nSPS) is 26.1. The van der Waals surface area contributed by atoms with Crippen molar-refractivity contribution in [1.29, 1.82) is 0 Å². The largest absolute Gasteiger partial charge is 0.309 e. The maximum absolute atomic E-state index is 6.15. The van der Waals surface area contributed by atoms with Crippen LogP contribution in [-0.4, -0.2) is 35.1 Å². The van der Waals surface area contributed by atoms with Crippen molar-refractivity contribution in [3.63, 3.8) is 0 Å². The fourth-order valence-corrected chi connectivity index (χ4v) is 2.79. The summed E-state index contributed by atoms with van der Waals surface area (Å²) in [6, 6.07) is 2.73. The summed E-state index contributed by atoms with van der Waals surface area (Å²) in [7, 11) is 0. The standard InChI is InChI=1S/C12H17Cl2N3/c1-8-5-17(6-9(2)16-8)7-10-4-15-12(14)3-11(10)13/h3-4,8-9,16H,5-7H2,1-2H3. The molecule has 0 radical (unpaired) electrons. The van der Waals surface area contributed by atoms with E-state index in [4.69, 9.17) is 23.2 Å². The molecule has 2 unspecified atom stereocenters. The Bertz CT molecular complexity index is 387. The average molecular weight is 274 g/mol. The Morgan fingerprint density at radius 1 is 1.35 bits per heavy atom. The number of piperazine rings is 1. The lowest BCUT2D eigenvalue weighted by Crippen LogP contribution is -2.53. The van der Waals surface area contributed by atoms with Gasteiger partial charge in [0, 0.05) is 48.5 Å². The minimum atomic E-state index is 0.445. The quantitative estimate of drug-likeness (QED) is 0.840. The van der Waals surface area contributed by atoms with Gasteiger partial charge in [-0.05, 0) is 19.9 Å². The van der Waals surface area contributed by atoms with Crippen molar-refractivity contribution in [1.82, 2.24) is 15.2 Å². The van der Waals surface area contributed by atoms with Gasteiger partial charge in [-0.15, -0.1) is 0 Å². The summed E-state index contributed by atoms with van der Waals surface area (Å²) < 4.78 is 0.